The van der Waals surface area contributed by atoms with Gasteiger partial charge in [-0.25, -0.2) is 0 Å². The highest BCUT2D eigenvalue weighted by atomic mass is 32.2. The minimum Gasteiger partial charge on any atom is -0.371 e. The number of hydrogen-bond acceptors (Lipinski definition) is 5. The molecule has 6 nitrogen and oxygen atoms in total. The SMILES string of the molecule is Cc1cccc(CO[C@H]2CSC3(C2)CN(S(=O)(=O)N(C)C)C3)n1. The molecule has 2 aliphatic heterocycles. The van der Waals surface area contributed by atoms with Crippen LogP contribution in [0.3, 0.4) is 0 Å². The molecule has 1 aromatic heterocycles. The lowest BCUT2D eigenvalue weighted by Gasteiger charge is -2.46. The van der Waals surface area contributed by atoms with Crippen LogP contribution in [0.25, 0.3) is 0 Å². The summed E-state index contributed by atoms with van der Waals surface area (Å²) < 4.78 is 33.0. The van der Waals surface area contributed by atoms with Crippen molar-refractivity contribution in [1.29, 1.82) is 0 Å². The number of aromatic nitrogens is 1. The highest BCUT2D eigenvalue weighted by molar-refractivity contribution is 8.01. The fraction of sp³-hybridized carbons (Fsp3) is 0.667. The van der Waals surface area contributed by atoms with Gasteiger partial charge in [-0.15, -0.1) is 11.8 Å². The molecular formula is C15H23N3O3S2. The van der Waals surface area contributed by atoms with Crippen LogP contribution in [0, 0.1) is 6.92 Å². The van der Waals surface area contributed by atoms with E-state index in [1.807, 2.05) is 36.9 Å². The van der Waals surface area contributed by atoms with Gasteiger partial charge >= 0.3 is 0 Å². The Balaban J connectivity index is 1.50. The van der Waals surface area contributed by atoms with E-state index in [0.717, 1.165) is 23.6 Å². The van der Waals surface area contributed by atoms with Crippen molar-refractivity contribution >= 4 is 22.0 Å². The summed E-state index contributed by atoms with van der Waals surface area (Å²) in [7, 11) is -0.134. The predicted molar refractivity (Wildman–Crippen MR) is 91.5 cm³/mol. The van der Waals surface area contributed by atoms with E-state index < -0.39 is 10.2 Å². The first-order valence-corrected chi connectivity index (χ1v) is 10.0. The first kappa shape index (κ1) is 17.2. The summed E-state index contributed by atoms with van der Waals surface area (Å²) in [5.74, 6) is 0.918. The van der Waals surface area contributed by atoms with Gasteiger partial charge in [0.15, 0.2) is 0 Å². The molecule has 23 heavy (non-hydrogen) atoms. The van der Waals surface area contributed by atoms with Crippen LogP contribution >= 0.6 is 11.8 Å². The number of pyridine rings is 1. The van der Waals surface area contributed by atoms with Gasteiger partial charge in [0.25, 0.3) is 10.2 Å². The topological polar surface area (TPSA) is 62.7 Å². The minimum atomic E-state index is -3.28. The molecule has 2 saturated heterocycles. The molecule has 2 fully saturated rings. The van der Waals surface area contributed by atoms with Crippen molar-refractivity contribution in [2.75, 3.05) is 32.9 Å². The van der Waals surface area contributed by atoms with Gasteiger partial charge in [-0.05, 0) is 25.5 Å². The van der Waals surface area contributed by atoms with Gasteiger partial charge in [-0.3, -0.25) is 4.98 Å². The van der Waals surface area contributed by atoms with E-state index in [4.69, 9.17) is 4.74 Å². The molecule has 8 heteroatoms. The molecule has 1 spiro atoms. The molecule has 0 unspecified atom stereocenters. The van der Waals surface area contributed by atoms with Crippen LogP contribution < -0.4 is 0 Å². The van der Waals surface area contributed by atoms with E-state index in [2.05, 4.69) is 4.98 Å². The smallest absolute Gasteiger partial charge is 0.281 e. The van der Waals surface area contributed by atoms with Crippen LogP contribution in [0.15, 0.2) is 18.2 Å². The summed E-state index contributed by atoms with van der Waals surface area (Å²) in [6, 6.07) is 5.93. The van der Waals surface area contributed by atoms with Gasteiger partial charge in [0.1, 0.15) is 0 Å². The molecule has 0 N–H and O–H groups in total. The highest BCUT2D eigenvalue weighted by Gasteiger charge is 2.53. The Bertz CT molecular complexity index is 672. The quantitative estimate of drug-likeness (QED) is 0.794. The van der Waals surface area contributed by atoms with Crippen molar-refractivity contribution < 1.29 is 13.2 Å². The van der Waals surface area contributed by atoms with Gasteiger partial charge in [0.05, 0.1) is 18.4 Å². The lowest BCUT2D eigenvalue weighted by molar-refractivity contribution is 0.0376. The van der Waals surface area contributed by atoms with Crippen LogP contribution in [-0.4, -0.2) is 65.8 Å². The van der Waals surface area contributed by atoms with E-state index in [1.165, 1.54) is 4.31 Å². The molecule has 1 aromatic rings. The van der Waals surface area contributed by atoms with Crippen LogP contribution in [-0.2, 0) is 21.6 Å². The van der Waals surface area contributed by atoms with E-state index in [0.29, 0.717) is 19.7 Å². The maximum Gasteiger partial charge on any atom is 0.281 e. The van der Waals surface area contributed by atoms with Crippen molar-refractivity contribution in [3.8, 4) is 0 Å². The zero-order valence-electron chi connectivity index (χ0n) is 13.7. The maximum absolute atomic E-state index is 12.1. The Kier molecular flexibility index (Phi) is 4.72. The minimum absolute atomic E-state index is 0.0355. The van der Waals surface area contributed by atoms with E-state index >= 15 is 0 Å². The summed E-state index contributed by atoms with van der Waals surface area (Å²) >= 11 is 1.84. The molecule has 3 rings (SSSR count). The monoisotopic (exact) mass is 357 g/mol. The Morgan fingerprint density at radius 2 is 2.17 bits per heavy atom. The molecule has 2 aliphatic rings. The third-order valence-corrected chi connectivity index (χ3v) is 7.71. The number of ether oxygens (including phenoxy) is 1. The second kappa shape index (κ2) is 6.33. The third kappa shape index (κ3) is 3.56. The summed E-state index contributed by atoms with van der Waals surface area (Å²) in [5.41, 5.74) is 1.94. The summed E-state index contributed by atoms with van der Waals surface area (Å²) in [6.45, 7) is 3.65. The largest absolute Gasteiger partial charge is 0.371 e. The molecular weight excluding hydrogens is 334 g/mol. The van der Waals surface area contributed by atoms with Gasteiger partial charge in [0, 0.05) is 43.4 Å². The summed E-state index contributed by atoms with van der Waals surface area (Å²) in [4.78, 5) is 4.44. The summed E-state index contributed by atoms with van der Waals surface area (Å²) in [6.07, 6.45) is 1.08. The van der Waals surface area contributed by atoms with Crippen molar-refractivity contribution in [1.82, 2.24) is 13.6 Å². The zero-order valence-corrected chi connectivity index (χ0v) is 15.4. The van der Waals surface area contributed by atoms with Gasteiger partial charge in [-0.2, -0.15) is 17.0 Å². The van der Waals surface area contributed by atoms with Crippen LogP contribution in [0.2, 0.25) is 0 Å². The fourth-order valence-corrected chi connectivity index (χ4v) is 6.00. The number of aryl methyl sites for hydroxylation is 1. The second-order valence-corrected chi connectivity index (χ2v) is 10.1. The molecule has 128 valence electrons. The Hall–Kier alpha value is -0.670. The van der Waals surface area contributed by atoms with Gasteiger partial charge in [0.2, 0.25) is 0 Å². The highest BCUT2D eigenvalue weighted by Crippen LogP contribution is 2.47. The number of nitrogens with zero attached hydrogens (tertiary/aromatic N) is 3. The molecule has 0 aromatic carbocycles. The normalized spacial score (nSPS) is 24.3. The number of rotatable bonds is 5. The Morgan fingerprint density at radius 3 is 2.83 bits per heavy atom. The van der Waals surface area contributed by atoms with Crippen LogP contribution in [0.5, 0.6) is 0 Å². The predicted octanol–water partition coefficient (Wildman–Crippen LogP) is 1.27. The second-order valence-electron chi connectivity index (χ2n) is 6.46. The Morgan fingerprint density at radius 1 is 1.43 bits per heavy atom. The fourth-order valence-electron chi connectivity index (χ4n) is 3.00. The van der Waals surface area contributed by atoms with Crippen molar-refractivity contribution in [3.05, 3.63) is 29.6 Å². The molecule has 0 aliphatic carbocycles. The summed E-state index contributed by atoms with van der Waals surface area (Å²) in [5, 5.41) is 0. The van der Waals surface area contributed by atoms with Gasteiger partial charge in [-0.1, -0.05) is 6.07 Å². The third-order valence-electron chi connectivity index (χ3n) is 4.30. The van der Waals surface area contributed by atoms with E-state index in [1.54, 1.807) is 18.4 Å². The van der Waals surface area contributed by atoms with E-state index in [9.17, 15) is 8.42 Å². The first-order valence-electron chi connectivity index (χ1n) is 7.66. The first-order chi connectivity index (χ1) is 10.8. The van der Waals surface area contributed by atoms with Gasteiger partial charge < -0.3 is 4.74 Å². The molecule has 3 heterocycles. The number of thioether (sulfide) groups is 1. The van der Waals surface area contributed by atoms with E-state index in [-0.39, 0.29) is 10.9 Å². The average molecular weight is 358 g/mol. The molecule has 0 bridgehead atoms. The van der Waals surface area contributed by atoms with Crippen molar-refractivity contribution in [2.24, 2.45) is 0 Å². The maximum atomic E-state index is 12.1. The zero-order chi connectivity index (χ0) is 16.7. The Labute approximate surface area is 142 Å². The standard InChI is InChI=1S/C15H23N3O3S2/c1-12-5-4-6-13(16-12)8-21-14-7-15(22-9-14)10-18(11-15)23(19,20)17(2)3/h4-6,14H,7-11H2,1-3H3/t14-/m1/s1. The molecule has 0 saturated carbocycles. The van der Waals surface area contributed by atoms with Crippen molar-refractivity contribution in [2.45, 2.75) is 30.8 Å². The molecule has 0 radical (unpaired) electrons. The lowest BCUT2D eigenvalue weighted by atomic mass is 9.95. The lowest BCUT2D eigenvalue weighted by Crippen LogP contribution is -2.62. The molecule has 1 atom stereocenters. The average Bonchev–Trinajstić information content (AvgIpc) is 2.88. The van der Waals surface area contributed by atoms with Crippen LogP contribution in [0.1, 0.15) is 17.8 Å². The molecule has 0 amide bonds. The van der Waals surface area contributed by atoms with Crippen LogP contribution in [0.4, 0.5) is 0 Å². The number of hydrogen-bond donors (Lipinski definition) is 0. The van der Waals surface area contributed by atoms with Crippen molar-refractivity contribution in [3.63, 3.8) is 0 Å².